The number of rotatable bonds is 4. The Labute approximate surface area is 118 Å². The molecule has 0 bridgehead atoms. The molecule has 1 aromatic carbocycles. The summed E-state index contributed by atoms with van der Waals surface area (Å²) in [4.78, 5) is 23.2. The van der Waals surface area contributed by atoms with Gasteiger partial charge in [0.05, 0.1) is 11.8 Å². The highest BCUT2D eigenvalue weighted by molar-refractivity contribution is 5.99. The van der Waals surface area contributed by atoms with Crippen LogP contribution in [0.3, 0.4) is 0 Å². The molecule has 0 spiro atoms. The summed E-state index contributed by atoms with van der Waals surface area (Å²) in [5.41, 5.74) is -0.0839. The highest BCUT2D eigenvalue weighted by atomic mass is 19.1. The maximum atomic E-state index is 13.1. The number of halogens is 1. The number of carbonyl (C=O) groups excluding carboxylic acids is 1. The number of nitrogens with one attached hydrogen (secondary N) is 1. The summed E-state index contributed by atoms with van der Waals surface area (Å²) in [6.45, 7) is 0. The molecule has 7 nitrogen and oxygen atoms in total. The van der Waals surface area contributed by atoms with Crippen LogP contribution in [0, 0.1) is 5.82 Å². The fourth-order valence-electron chi connectivity index (χ4n) is 1.78. The Morgan fingerprint density at radius 2 is 2.14 bits per heavy atom. The number of benzene rings is 1. The van der Waals surface area contributed by atoms with Crippen LogP contribution >= 0.6 is 0 Å². The van der Waals surface area contributed by atoms with Gasteiger partial charge in [-0.1, -0.05) is 0 Å². The molecule has 3 N–H and O–H groups in total. The minimum absolute atomic E-state index is 0.259. The lowest BCUT2D eigenvalue weighted by atomic mass is 10.1. The first-order chi connectivity index (χ1) is 9.88. The van der Waals surface area contributed by atoms with Crippen LogP contribution in [0.1, 0.15) is 22.0 Å². The Morgan fingerprint density at radius 3 is 2.71 bits per heavy atom. The zero-order chi connectivity index (χ0) is 15.6. The quantitative estimate of drug-likeness (QED) is 0.774. The maximum absolute atomic E-state index is 13.1. The van der Waals surface area contributed by atoms with E-state index in [1.165, 1.54) is 17.1 Å². The lowest BCUT2D eigenvalue weighted by Crippen LogP contribution is -2.33. The number of carboxylic acids is 1. The first kappa shape index (κ1) is 14.5. The fraction of sp³-hybridized carbons (Fsp3) is 0.154. The first-order valence-electron chi connectivity index (χ1n) is 5.89. The third-order valence-electron chi connectivity index (χ3n) is 2.78. The van der Waals surface area contributed by atoms with E-state index in [1.807, 2.05) is 0 Å². The summed E-state index contributed by atoms with van der Waals surface area (Å²) < 4.78 is 14.5. The van der Waals surface area contributed by atoms with Gasteiger partial charge in [-0.2, -0.15) is 5.10 Å². The molecule has 0 aliphatic heterocycles. The van der Waals surface area contributed by atoms with Crippen LogP contribution in [0.4, 0.5) is 4.39 Å². The molecule has 8 heteroatoms. The highest BCUT2D eigenvalue weighted by Gasteiger charge is 2.25. The molecule has 0 saturated heterocycles. The van der Waals surface area contributed by atoms with Crippen molar-refractivity contribution in [1.82, 2.24) is 15.1 Å². The lowest BCUT2D eigenvalue weighted by molar-refractivity contribution is -0.139. The second-order valence-electron chi connectivity index (χ2n) is 4.35. The number of phenolic OH excluding ortho intramolecular Hbond substituents is 1. The van der Waals surface area contributed by atoms with Gasteiger partial charge in [0.15, 0.2) is 6.04 Å². The van der Waals surface area contributed by atoms with Gasteiger partial charge in [0.25, 0.3) is 5.91 Å². The predicted octanol–water partition coefficient (Wildman–Crippen LogP) is 0.820. The molecule has 0 radical (unpaired) electrons. The average Bonchev–Trinajstić information content (AvgIpc) is 2.84. The van der Waals surface area contributed by atoms with Gasteiger partial charge >= 0.3 is 5.97 Å². The van der Waals surface area contributed by atoms with Crippen LogP contribution in [0.15, 0.2) is 30.6 Å². The Balaban J connectivity index is 2.27. The second-order valence-corrected chi connectivity index (χ2v) is 4.35. The van der Waals surface area contributed by atoms with E-state index in [1.54, 1.807) is 7.05 Å². The number of carboxylic acid groups (broad SMARTS) is 1. The first-order valence-corrected chi connectivity index (χ1v) is 5.89. The van der Waals surface area contributed by atoms with Crippen molar-refractivity contribution in [2.24, 2.45) is 7.05 Å². The van der Waals surface area contributed by atoms with Gasteiger partial charge in [-0.3, -0.25) is 9.48 Å². The van der Waals surface area contributed by atoms with E-state index in [0.29, 0.717) is 0 Å². The summed E-state index contributed by atoms with van der Waals surface area (Å²) in [5, 5.41) is 24.7. The number of carbonyl (C=O) groups is 2. The van der Waals surface area contributed by atoms with E-state index in [0.717, 1.165) is 18.2 Å². The van der Waals surface area contributed by atoms with Gasteiger partial charge in [-0.25, -0.2) is 9.18 Å². The van der Waals surface area contributed by atoms with Gasteiger partial charge in [0.2, 0.25) is 0 Å². The topological polar surface area (TPSA) is 104 Å². The van der Waals surface area contributed by atoms with Crippen molar-refractivity contribution in [2.75, 3.05) is 0 Å². The molecule has 1 amide bonds. The number of aliphatic carboxylic acids is 1. The molecular weight excluding hydrogens is 281 g/mol. The van der Waals surface area contributed by atoms with E-state index in [2.05, 4.69) is 10.4 Å². The summed E-state index contributed by atoms with van der Waals surface area (Å²) in [6.07, 6.45) is 2.73. The summed E-state index contributed by atoms with van der Waals surface area (Å²) in [5.74, 6) is -3.36. The molecule has 1 atom stereocenters. The average molecular weight is 293 g/mol. The lowest BCUT2D eigenvalue weighted by Gasteiger charge is -2.13. The van der Waals surface area contributed by atoms with Crippen LogP contribution in [-0.2, 0) is 11.8 Å². The number of hydrogen-bond donors (Lipinski definition) is 3. The molecule has 1 aromatic heterocycles. The Kier molecular flexibility index (Phi) is 3.88. The zero-order valence-electron chi connectivity index (χ0n) is 10.9. The van der Waals surface area contributed by atoms with Crippen LogP contribution in [0.2, 0.25) is 0 Å². The molecule has 2 aromatic rings. The molecule has 0 saturated carbocycles. The molecule has 110 valence electrons. The standard InChI is InChI=1S/C13H12FN3O4/c1-17-6-7(5-15-17)11(13(20)21)16-12(19)9-4-8(14)2-3-10(9)18/h2-6,11,18H,1H3,(H,16,19)(H,20,21). The van der Waals surface area contributed by atoms with Crippen molar-refractivity contribution in [1.29, 1.82) is 0 Å². The maximum Gasteiger partial charge on any atom is 0.331 e. The fourth-order valence-corrected chi connectivity index (χ4v) is 1.78. The van der Waals surface area contributed by atoms with Gasteiger partial charge in [-0.05, 0) is 18.2 Å². The molecule has 0 fully saturated rings. The van der Waals surface area contributed by atoms with E-state index >= 15 is 0 Å². The van der Waals surface area contributed by atoms with Crippen molar-refractivity contribution >= 4 is 11.9 Å². The molecular formula is C13H12FN3O4. The minimum atomic E-state index is -1.35. The number of aryl methyl sites for hydroxylation is 1. The van der Waals surface area contributed by atoms with Crippen molar-refractivity contribution in [3.63, 3.8) is 0 Å². The predicted molar refractivity (Wildman–Crippen MR) is 69.1 cm³/mol. The van der Waals surface area contributed by atoms with Crippen LogP contribution in [-0.4, -0.2) is 31.9 Å². The third kappa shape index (κ3) is 3.16. The molecule has 2 rings (SSSR count). The number of nitrogens with zero attached hydrogens (tertiary/aromatic N) is 2. The smallest absolute Gasteiger partial charge is 0.331 e. The largest absolute Gasteiger partial charge is 0.507 e. The Bertz CT molecular complexity index is 698. The number of hydrogen-bond acceptors (Lipinski definition) is 4. The van der Waals surface area contributed by atoms with Crippen LogP contribution in [0.25, 0.3) is 0 Å². The molecule has 1 heterocycles. The van der Waals surface area contributed by atoms with E-state index in [-0.39, 0.29) is 11.1 Å². The zero-order valence-corrected chi connectivity index (χ0v) is 10.9. The van der Waals surface area contributed by atoms with Crippen molar-refractivity contribution in [3.05, 3.63) is 47.5 Å². The van der Waals surface area contributed by atoms with Crippen LogP contribution < -0.4 is 5.32 Å². The molecule has 0 aliphatic rings. The Hall–Kier alpha value is -2.90. The van der Waals surface area contributed by atoms with E-state index < -0.39 is 29.5 Å². The summed E-state index contributed by atoms with van der Waals surface area (Å²) >= 11 is 0. The number of phenols is 1. The van der Waals surface area contributed by atoms with Crippen molar-refractivity contribution in [2.45, 2.75) is 6.04 Å². The summed E-state index contributed by atoms with van der Waals surface area (Å²) in [7, 11) is 1.60. The molecule has 0 aliphatic carbocycles. The van der Waals surface area contributed by atoms with Crippen molar-refractivity contribution in [3.8, 4) is 5.75 Å². The highest BCUT2D eigenvalue weighted by Crippen LogP contribution is 2.20. The SMILES string of the molecule is Cn1cc(C(NC(=O)c2cc(F)ccc2O)C(=O)O)cn1. The summed E-state index contributed by atoms with van der Waals surface area (Å²) in [6, 6.07) is 1.48. The van der Waals surface area contributed by atoms with E-state index in [4.69, 9.17) is 5.11 Å². The normalized spacial score (nSPS) is 11.9. The van der Waals surface area contributed by atoms with Gasteiger partial charge < -0.3 is 15.5 Å². The number of aromatic hydroxyl groups is 1. The molecule has 21 heavy (non-hydrogen) atoms. The second kappa shape index (κ2) is 5.61. The number of amides is 1. The van der Waals surface area contributed by atoms with E-state index in [9.17, 15) is 19.1 Å². The molecule has 1 unspecified atom stereocenters. The van der Waals surface area contributed by atoms with Crippen molar-refractivity contribution < 1.29 is 24.2 Å². The van der Waals surface area contributed by atoms with Crippen LogP contribution in [0.5, 0.6) is 5.75 Å². The van der Waals surface area contributed by atoms with Gasteiger partial charge in [0, 0.05) is 18.8 Å². The van der Waals surface area contributed by atoms with Gasteiger partial charge in [0.1, 0.15) is 11.6 Å². The minimum Gasteiger partial charge on any atom is -0.507 e. The van der Waals surface area contributed by atoms with Gasteiger partial charge in [-0.15, -0.1) is 0 Å². The Morgan fingerprint density at radius 1 is 1.43 bits per heavy atom. The third-order valence-corrected chi connectivity index (χ3v) is 2.78. The monoisotopic (exact) mass is 293 g/mol. The number of aromatic nitrogens is 2.